The van der Waals surface area contributed by atoms with Crippen LogP contribution in [0, 0.1) is 0 Å². The molecule has 0 bridgehead atoms. The summed E-state index contributed by atoms with van der Waals surface area (Å²) >= 11 is 0. The van der Waals surface area contributed by atoms with Gasteiger partial charge in [-0.1, -0.05) is 6.92 Å². The van der Waals surface area contributed by atoms with Crippen LogP contribution in [0.2, 0.25) is 0 Å². The molecule has 1 aliphatic heterocycles. The summed E-state index contributed by atoms with van der Waals surface area (Å²) in [4.78, 5) is 23.6. The Morgan fingerprint density at radius 1 is 1.23 bits per heavy atom. The molecule has 8 nitrogen and oxygen atoms in total. The van der Waals surface area contributed by atoms with Crippen LogP contribution in [-0.4, -0.2) is 58.0 Å². The van der Waals surface area contributed by atoms with Gasteiger partial charge in [-0.05, 0) is 37.5 Å². The number of carbonyl (C=O) groups excluding carboxylic acids is 2. The number of nitrogens with one attached hydrogen (secondary N) is 1. The van der Waals surface area contributed by atoms with Crippen LogP contribution < -0.4 is 10.1 Å². The number of ether oxygens (including phenoxy) is 2. The maximum atomic E-state index is 12.8. The average Bonchev–Trinajstić information content (AvgIpc) is 3.19. The van der Waals surface area contributed by atoms with Crippen molar-refractivity contribution in [1.29, 1.82) is 0 Å². The largest absolute Gasteiger partial charge is 0.495 e. The van der Waals surface area contributed by atoms with Crippen LogP contribution in [0.15, 0.2) is 23.1 Å². The van der Waals surface area contributed by atoms with Gasteiger partial charge in [0.15, 0.2) is 6.61 Å². The average molecular weight is 384 g/mol. The lowest BCUT2D eigenvalue weighted by Crippen LogP contribution is -2.29. The van der Waals surface area contributed by atoms with E-state index in [1.54, 1.807) is 0 Å². The van der Waals surface area contributed by atoms with Gasteiger partial charge in [-0.2, -0.15) is 4.31 Å². The fraction of sp³-hybridized carbons (Fsp3) is 0.529. The van der Waals surface area contributed by atoms with Crippen LogP contribution in [0.5, 0.6) is 5.75 Å². The van der Waals surface area contributed by atoms with Crippen LogP contribution in [0.3, 0.4) is 0 Å². The zero-order valence-electron chi connectivity index (χ0n) is 15.0. The van der Waals surface area contributed by atoms with Gasteiger partial charge in [0.1, 0.15) is 10.6 Å². The number of amides is 1. The minimum Gasteiger partial charge on any atom is -0.495 e. The molecule has 0 aliphatic carbocycles. The Hall–Kier alpha value is -2.13. The molecule has 1 aromatic rings. The standard InChI is InChI=1S/C17H24N2O6S/c1-3-8-18-16(20)12-25-17(21)13-6-7-14(24-2)15(11-13)26(22,23)19-9-4-5-10-19/h6-7,11H,3-5,8-10,12H2,1-2H3,(H,18,20). The van der Waals surface area contributed by atoms with Crippen molar-refractivity contribution in [2.24, 2.45) is 0 Å². The molecule has 9 heteroatoms. The topological polar surface area (TPSA) is 102 Å². The number of methoxy groups -OCH3 is 1. The molecule has 0 aromatic heterocycles. The van der Waals surface area contributed by atoms with Gasteiger partial charge < -0.3 is 14.8 Å². The monoisotopic (exact) mass is 384 g/mol. The highest BCUT2D eigenvalue weighted by molar-refractivity contribution is 7.89. The Balaban J connectivity index is 2.18. The predicted molar refractivity (Wildman–Crippen MR) is 94.6 cm³/mol. The van der Waals surface area contributed by atoms with E-state index in [1.807, 2.05) is 6.92 Å². The van der Waals surface area contributed by atoms with Gasteiger partial charge >= 0.3 is 5.97 Å². The van der Waals surface area contributed by atoms with Crippen LogP contribution in [-0.2, 0) is 19.6 Å². The molecule has 144 valence electrons. The Morgan fingerprint density at radius 3 is 2.54 bits per heavy atom. The molecule has 1 saturated heterocycles. The first-order valence-electron chi connectivity index (χ1n) is 8.52. The molecule has 1 fully saturated rings. The normalized spacial score (nSPS) is 14.8. The summed E-state index contributed by atoms with van der Waals surface area (Å²) in [5.41, 5.74) is 0.0480. The number of nitrogens with zero attached hydrogens (tertiary/aromatic N) is 1. The highest BCUT2D eigenvalue weighted by Gasteiger charge is 2.30. The minimum absolute atomic E-state index is 0.0480. The third-order valence-electron chi connectivity index (χ3n) is 3.99. The van der Waals surface area contributed by atoms with Crippen molar-refractivity contribution >= 4 is 21.9 Å². The number of esters is 1. The van der Waals surface area contributed by atoms with E-state index in [4.69, 9.17) is 9.47 Å². The predicted octanol–water partition coefficient (Wildman–Crippen LogP) is 1.16. The highest BCUT2D eigenvalue weighted by Crippen LogP contribution is 2.30. The number of hydrogen-bond donors (Lipinski definition) is 1. The van der Waals surface area contributed by atoms with Gasteiger partial charge in [-0.25, -0.2) is 13.2 Å². The van der Waals surface area contributed by atoms with E-state index in [0.29, 0.717) is 19.6 Å². The summed E-state index contributed by atoms with van der Waals surface area (Å²) in [6, 6.07) is 4.06. The zero-order valence-corrected chi connectivity index (χ0v) is 15.8. The van der Waals surface area contributed by atoms with Crippen LogP contribution >= 0.6 is 0 Å². The van der Waals surface area contributed by atoms with Gasteiger partial charge in [-0.3, -0.25) is 4.79 Å². The molecule has 26 heavy (non-hydrogen) atoms. The number of hydrogen-bond acceptors (Lipinski definition) is 6. The lowest BCUT2D eigenvalue weighted by Gasteiger charge is -2.18. The second-order valence-electron chi connectivity index (χ2n) is 5.90. The molecular weight excluding hydrogens is 360 g/mol. The van der Waals surface area contributed by atoms with Gasteiger partial charge in [-0.15, -0.1) is 0 Å². The van der Waals surface area contributed by atoms with Crippen molar-refractivity contribution in [2.45, 2.75) is 31.1 Å². The molecule has 0 radical (unpaired) electrons. The first-order chi connectivity index (χ1) is 12.4. The molecule has 1 aromatic carbocycles. The third-order valence-corrected chi connectivity index (χ3v) is 5.91. The number of benzene rings is 1. The molecule has 1 amide bonds. The van der Waals surface area contributed by atoms with E-state index < -0.39 is 28.5 Å². The Labute approximate surface area is 153 Å². The van der Waals surface area contributed by atoms with Gasteiger partial charge in [0.2, 0.25) is 10.0 Å². The smallest absolute Gasteiger partial charge is 0.338 e. The first kappa shape index (κ1) is 20.2. The zero-order chi connectivity index (χ0) is 19.2. The van der Waals surface area contributed by atoms with Crippen LogP contribution in [0.25, 0.3) is 0 Å². The van der Waals surface area contributed by atoms with E-state index >= 15 is 0 Å². The molecule has 0 saturated carbocycles. The Bertz CT molecular complexity index is 757. The third kappa shape index (κ3) is 4.73. The van der Waals surface area contributed by atoms with E-state index in [0.717, 1.165) is 19.3 Å². The summed E-state index contributed by atoms with van der Waals surface area (Å²) < 4.78 is 37.1. The fourth-order valence-electron chi connectivity index (χ4n) is 2.60. The van der Waals surface area contributed by atoms with Crippen molar-refractivity contribution in [2.75, 3.05) is 33.4 Å². The lowest BCUT2D eigenvalue weighted by atomic mass is 10.2. The van der Waals surface area contributed by atoms with Gasteiger partial charge in [0, 0.05) is 19.6 Å². The van der Waals surface area contributed by atoms with Crippen molar-refractivity contribution in [3.63, 3.8) is 0 Å². The minimum atomic E-state index is -3.76. The fourth-order valence-corrected chi connectivity index (χ4v) is 4.30. The van der Waals surface area contributed by atoms with E-state index in [2.05, 4.69) is 5.32 Å². The SMILES string of the molecule is CCCNC(=O)COC(=O)c1ccc(OC)c(S(=O)(=O)N2CCCC2)c1. The lowest BCUT2D eigenvalue weighted by molar-refractivity contribution is -0.124. The maximum Gasteiger partial charge on any atom is 0.338 e. The van der Waals surface area contributed by atoms with E-state index in [1.165, 1.54) is 29.6 Å². The molecule has 0 atom stereocenters. The quantitative estimate of drug-likeness (QED) is 0.675. The molecular formula is C17H24N2O6S. The van der Waals surface area contributed by atoms with Crippen molar-refractivity contribution in [3.05, 3.63) is 23.8 Å². The highest BCUT2D eigenvalue weighted by atomic mass is 32.2. The number of sulfonamides is 1. The molecule has 0 spiro atoms. The molecule has 1 aliphatic rings. The summed E-state index contributed by atoms with van der Waals surface area (Å²) in [5, 5.41) is 2.59. The summed E-state index contributed by atoms with van der Waals surface area (Å²) in [7, 11) is -2.39. The molecule has 1 heterocycles. The maximum absolute atomic E-state index is 12.8. The number of rotatable bonds is 8. The molecule has 1 N–H and O–H groups in total. The van der Waals surface area contributed by atoms with E-state index in [9.17, 15) is 18.0 Å². The van der Waals surface area contributed by atoms with Crippen molar-refractivity contribution in [3.8, 4) is 5.75 Å². The van der Waals surface area contributed by atoms with Gasteiger partial charge in [0.25, 0.3) is 5.91 Å². The van der Waals surface area contributed by atoms with Crippen molar-refractivity contribution < 1.29 is 27.5 Å². The Kier molecular flexibility index (Phi) is 6.98. The second kappa shape index (κ2) is 9.00. The second-order valence-corrected chi connectivity index (χ2v) is 7.81. The summed E-state index contributed by atoms with van der Waals surface area (Å²) in [6.07, 6.45) is 2.38. The van der Waals surface area contributed by atoms with Crippen molar-refractivity contribution in [1.82, 2.24) is 9.62 Å². The summed E-state index contributed by atoms with van der Waals surface area (Å²) in [6.45, 7) is 2.87. The van der Waals surface area contributed by atoms with Crippen LogP contribution in [0.4, 0.5) is 0 Å². The van der Waals surface area contributed by atoms with Crippen LogP contribution in [0.1, 0.15) is 36.5 Å². The van der Waals surface area contributed by atoms with E-state index in [-0.39, 0.29) is 16.2 Å². The molecule has 0 unspecified atom stereocenters. The summed E-state index contributed by atoms with van der Waals surface area (Å²) in [5.74, 6) is -1.01. The van der Waals surface area contributed by atoms with Gasteiger partial charge in [0.05, 0.1) is 12.7 Å². The first-order valence-corrected chi connectivity index (χ1v) is 9.96. The Morgan fingerprint density at radius 2 is 1.92 bits per heavy atom. The molecule has 2 rings (SSSR count). The number of carbonyl (C=O) groups is 2.